The van der Waals surface area contributed by atoms with E-state index in [-0.39, 0.29) is 5.82 Å². The van der Waals surface area contributed by atoms with Gasteiger partial charge in [-0.25, -0.2) is 4.39 Å². The van der Waals surface area contributed by atoms with Crippen molar-refractivity contribution in [3.63, 3.8) is 0 Å². The molecule has 0 spiro atoms. The standard InChI is InChI=1S/C8H8ClFO.C2H6/c1-5-6(10)3-4-7(11-2)8(5)9;1-2/h3-4H,1-2H3;1-2H3. The molecule has 0 N–H and O–H groups in total. The fourth-order valence-corrected chi connectivity index (χ4v) is 1.02. The van der Waals surface area contributed by atoms with E-state index in [0.717, 1.165) is 0 Å². The highest BCUT2D eigenvalue weighted by atomic mass is 35.5. The zero-order chi connectivity index (χ0) is 10.4. The van der Waals surface area contributed by atoms with Crippen LogP contribution in [0.25, 0.3) is 0 Å². The van der Waals surface area contributed by atoms with Crippen molar-refractivity contribution >= 4 is 11.6 Å². The van der Waals surface area contributed by atoms with Crippen molar-refractivity contribution in [3.8, 4) is 5.75 Å². The van der Waals surface area contributed by atoms with Crippen LogP contribution in [-0.2, 0) is 0 Å². The fraction of sp³-hybridized carbons (Fsp3) is 0.400. The maximum Gasteiger partial charge on any atom is 0.137 e. The van der Waals surface area contributed by atoms with E-state index < -0.39 is 0 Å². The van der Waals surface area contributed by atoms with Crippen LogP contribution in [0.1, 0.15) is 19.4 Å². The fourth-order valence-electron chi connectivity index (χ4n) is 0.794. The first-order chi connectivity index (χ1) is 6.16. The third kappa shape index (κ3) is 2.88. The minimum absolute atomic E-state index is 0.309. The van der Waals surface area contributed by atoms with E-state index in [0.29, 0.717) is 16.3 Å². The second kappa shape index (κ2) is 5.81. The topological polar surface area (TPSA) is 9.23 Å². The van der Waals surface area contributed by atoms with Gasteiger partial charge >= 0.3 is 0 Å². The van der Waals surface area contributed by atoms with Crippen LogP contribution in [-0.4, -0.2) is 7.11 Å². The van der Waals surface area contributed by atoms with E-state index in [1.54, 1.807) is 6.92 Å². The molecular weight excluding hydrogens is 191 g/mol. The Morgan fingerprint density at radius 3 is 2.31 bits per heavy atom. The van der Waals surface area contributed by atoms with Crippen molar-refractivity contribution in [2.75, 3.05) is 7.11 Å². The van der Waals surface area contributed by atoms with Crippen molar-refractivity contribution < 1.29 is 9.13 Å². The van der Waals surface area contributed by atoms with Gasteiger partial charge in [-0.3, -0.25) is 0 Å². The Balaban J connectivity index is 0.000000671. The van der Waals surface area contributed by atoms with Gasteiger partial charge in [0.25, 0.3) is 0 Å². The molecule has 0 fully saturated rings. The number of rotatable bonds is 1. The molecule has 0 aromatic heterocycles. The minimum Gasteiger partial charge on any atom is -0.495 e. The molecule has 0 bridgehead atoms. The molecule has 0 aliphatic heterocycles. The van der Waals surface area contributed by atoms with Gasteiger partial charge in [0, 0.05) is 5.56 Å². The van der Waals surface area contributed by atoms with Crippen LogP contribution in [0.2, 0.25) is 5.02 Å². The van der Waals surface area contributed by atoms with Crippen LogP contribution < -0.4 is 4.74 Å². The SMILES string of the molecule is CC.COc1ccc(F)c(C)c1Cl. The second-order valence-electron chi connectivity index (χ2n) is 2.19. The molecule has 0 aliphatic carbocycles. The van der Waals surface area contributed by atoms with Crippen LogP contribution in [0, 0.1) is 12.7 Å². The van der Waals surface area contributed by atoms with Crippen LogP contribution >= 0.6 is 11.6 Å². The number of ether oxygens (including phenoxy) is 1. The molecule has 0 unspecified atom stereocenters. The Kier molecular flexibility index (Phi) is 5.47. The summed E-state index contributed by atoms with van der Waals surface area (Å²) in [6, 6.07) is 2.84. The van der Waals surface area contributed by atoms with Gasteiger partial charge in [0.05, 0.1) is 12.1 Å². The number of benzene rings is 1. The Morgan fingerprint density at radius 1 is 1.31 bits per heavy atom. The molecule has 0 aliphatic rings. The third-order valence-corrected chi connectivity index (χ3v) is 1.97. The molecule has 74 valence electrons. The Bertz CT molecular complexity index is 274. The molecule has 1 rings (SSSR count). The van der Waals surface area contributed by atoms with Gasteiger partial charge in [0.2, 0.25) is 0 Å². The van der Waals surface area contributed by atoms with Crippen molar-refractivity contribution in [2.45, 2.75) is 20.8 Å². The van der Waals surface area contributed by atoms with Crippen LogP contribution in [0.5, 0.6) is 5.75 Å². The monoisotopic (exact) mass is 204 g/mol. The first-order valence-electron chi connectivity index (χ1n) is 4.15. The van der Waals surface area contributed by atoms with Gasteiger partial charge in [0.15, 0.2) is 0 Å². The number of methoxy groups -OCH3 is 1. The lowest BCUT2D eigenvalue weighted by Gasteiger charge is -2.04. The molecule has 1 nitrogen and oxygen atoms in total. The highest BCUT2D eigenvalue weighted by molar-refractivity contribution is 6.32. The quantitative estimate of drug-likeness (QED) is 0.676. The second-order valence-corrected chi connectivity index (χ2v) is 2.57. The molecule has 0 amide bonds. The lowest BCUT2D eigenvalue weighted by molar-refractivity contribution is 0.413. The summed E-state index contributed by atoms with van der Waals surface area (Å²) < 4.78 is 17.6. The normalized spacial score (nSPS) is 8.77. The molecule has 0 saturated heterocycles. The number of halogens is 2. The van der Waals surface area contributed by atoms with E-state index in [1.165, 1.54) is 19.2 Å². The summed E-state index contributed by atoms with van der Waals surface area (Å²) in [4.78, 5) is 0. The average Bonchev–Trinajstić information content (AvgIpc) is 2.18. The van der Waals surface area contributed by atoms with Gasteiger partial charge < -0.3 is 4.74 Å². The molecule has 0 radical (unpaired) electrons. The van der Waals surface area contributed by atoms with Gasteiger partial charge in [-0.05, 0) is 19.1 Å². The smallest absolute Gasteiger partial charge is 0.137 e. The van der Waals surface area contributed by atoms with Crippen molar-refractivity contribution in [1.29, 1.82) is 0 Å². The highest BCUT2D eigenvalue weighted by Crippen LogP contribution is 2.28. The van der Waals surface area contributed by atoms with E-state index in [4.69, 9.17) is 16.3 Å². The summed E-state index contributed by atoms with van der Waals surface area (Å²) in [6.45, 7) is 5.61. The Morgan fingerprint density at radius 2 is 1.85 bits per heavy atom. The van der Waals surface area contributed by atoms with Gasteiger partial charge in [-0.1, -0.05) is 25.4 Å². The maximum atomic E-state index is 12.8. The molecule has 0 saturated carbocycles. The van der Waals surface area contributed by atoms with Crippen molar-refractivity contribution in [1.82, 2.24) is 0 Å². The Hall–Kier alpha value is -0.760. The summed E-state index contributed by atoms with van der Waals surface area (Å²) in [7, 11) is 1.50. The third-order valence-electron chi connectivity index (χ3n) is 1.50. The van der Waals surface area contributed by atoms with Crippen LogP contribution in [0.3, 0.4) is 0 Å². The van der Waals surface area contributed by atoms with Crippen LogP contribution in [0.15, 0.2) is 12.1 Å². The molecule has 3 heteroatoms. The highest BCUT2D eigenvalue weighted by Gasteiger charge is 2.06. The first kappa shape index (κ1) is 12.2. The first-order valence-corrected chi connectivity index (χ1v) is 4.53. The summed E-state index contributed by atoms with van der Waals surface area (Å²) in [5, 5.41) is 0.340. The van der Waals surface area contributed by atoms with Gasteiger partial charge in [0.1, 0.15) is 11.6 Å². The summed E-state index contributed by atoms with van der Waals surface area (Å²) in [5.74, 6) is 0.196. The van der Waals surface area contributed by atoms with Crippen LogP contribution in [0.4, 0.5) is 4.39 Å². The molecule has 1 aromatic rings. The zero-order valence-corrected chi connectivity index (χ0v) is 9.07. The van der Waals surface area contributed by atoms with E-state index >= 15 is 0 Å². The van der Waals surface area contributed by atoms with Gasteiger partial charge in [-0.2, -0.15) is 0 Å². The summed E-state index contributed by atoms with van der Waals surface area (Å²) in [5.41, 5.74) is 0.422. The van der Waals surface area contributed by atoms with E-state index in [9.17, 15) is 4.39 Å². The molecular formula is C10H14ClFO. The van der Waals surface area contributed by atoms with E-state index in [1.807, 2.05) is 13.8 Å². The lowest BCUT2D eigenvalue weighted by Crippen LogP contribution is -1.89. The number of hydrogen-bond acceptors (Lipinski definition) is 1. The minimum atomic E-state index is -0.309. The molecule has 0 heterocycles. The molecule has 1 aromatic carbocycles. The Labute approximate surface area is 83.5 Å². The lowest BCUT2D eigenvalue weighted by atomic mass is 10.2. The molecule has 13 heavy (non-hydrogen) atoms. The predicted octanol–water partition coefficient (Wildman–Crippen LogP) is 3.82. The number of hydrogen-bond donors (Lipinski definition) is 0. The average molecular weight is 205 g/mol. The zero-order valence-electron chi connectivity index (χ0n) is 8.32. The van der Waals surface area contributed by atoms with Crippen molar-refractivity contribution in [2.24, 2.45) is 0 Å². The predicted molar refractivity (Wildman–Crippen MR) is 54.0 cm³/mol. The van der Waals surface area contributed by atoms with E-state index in [2.05, 4.69) is 0 Å². The summed E-state index contributed by atoms with van der Waals surface area (Å²) in [6.07, 6.45) is 0. The summed E-state index contributed by atoms with van der Waals surface area (Å²) >= 11 is 5.73. The largest absolute Gasteiger partial charge is 0.495 e. The van der Waals surface area contributed by atoms with Gasteiger partial charge in [-0.15, -0.1) is 0 Å². The molecule has 0 atom stereocenters. The van der Waals surface area contributed by atoms with Crippen molar-refractivity contribution in [3.05, 3.63) is 28.5 Å². The maximum absolute atomic E-state index is 12.8.